The molecule has 0 spiro atoms. The van der Waals surface area contributed by atoms with Gasteiger partial charge in [0.15, 0.2) is 0 Å². The van der Waals surface area contributed by atoms with E-state index in [9.17, 15) is 0 Å². The van der Waals surface area contributed by atoms with E-state index in [2.05, 4.69) is 17.3 Å². The molecule has 2 rings (SSSR count). The highest BCUT2D eigenvalue weighted by Crippen LogP contribution is 2.29. The summed E-state index contributed by atoms with van der Waals surface area (Å²) in [6.07, 6.45) is 2.55. The van der Waals surface area contributed by atoms with E-state index in [0.29, 0.717) is 10.0 Å². The lowest BCUT2D eigenvalue weighted by Gasteiger charge is -2.19. The van der Waals surface area contributed by atoms with E-state index in [4.69, 9.17) is 23.2 Å². The Kier molecular flexibility index (Phi) is 4.86. The lowest BCUT2D eigenvalue weighted by Crippen LogP contribution is -2.22. The molecular formula is C14H17Cl2N3. The van der Waals surface area contributed by atoms with Crippen molar-refractivity contribution in [1.82, 2.24) is 15.1 Å². The fraction of sp³-hybridized carbons (Fsp3) is 0.357. The topological polar surface area (TPSA) is 29.9 Å². The van der Waals surface area contributed by atoms with Crippen molar-refractivity contribution < 1.29 is 0 Å². The van der Waals surface area contributed by atoms with Gasteiger partial charge in [-0.05, 0) is 44.2 Å². The summed E-state index contributed by atoms with van der Waals surface area (Å²) in [6.45, 7) is 2.92. The first-order valence-electron chi connectivity index (χ1n) is 6.29. The van der Waals surface area contributed by atoms with Crippen molar-refractivity contribution in [3.63, 3.8) is 0 Å². The highest BCUT2D eigenvalue weighted by Gasteiger charge is 2.17. The fourth-order valence-corrected chi connectivity index (χ4v) is 2.74. The number of nitrogens with one attached hydrogen (secondary N) is 1. The summed E-state index contributed by atoms with van der Waals surface area (Å²) in [4.78, 5) is 0. The minimum absolute atomic E-state index is 0.139. The van der Waals surface area contributed by atoms with Crippen LogP contribution < -0.4 is 5.32 Å². The number of benzene rings is 1. The van der Waals surface area contributed by atoms with Gasteiger partial charge < -0.3 is 5.32 Å². The van der Waals surface area contributed by atoms with E-state index in [0.717, 1.165) is 24.2 Å². The maximum atomic E-state index is 6.23. The van der Waals surface area contributed by atoms with E-state index in [1.54, 1.807) is 0 Å². The summed E-state index contributed by atoms with van der Waals surface area (Å²) < 4.78 is 1.98. The molecule has 1 aromatic heterocycles. The van der Waals surface area contributed by atoms with Crippen LogP contribution in [-0.2, 0) is 13.0 Å². The van der Waals surface area contributed by atoms with Crippen molar-refractivity contribution in [2.75, 3.05) is 7.05 Å². The second-order valence-electron chi connectivity index (χ2n) is 4.32. The third-order valence-electron chi connectivity index (χ3n) is 3.22. The summed E-state index contributed by atoms with van der Waals surface area (Å²) in [5.41, 5.74) is 2.11. The lowest BCUT2D eigenvalue weighted by atomic mass is 10.0. The SMILES string of the molecule is CCn1nccc1C(Cc1c(Cl)cccc1Cl)NC. The van der Waals surface area contributed by atoms with Crippen LogP contribution in [0.25, 0.3) is 0 Å². The van der Waals surface area contributed by atoms with Crippen LogP contribution >= 0.6 is 23.2 Å². The third-order valence-corrected chi connectivity index (χ3v) is 3.93. The van der Waals surface area contributed by atoms with Crippen molar-refractivity contribution in [2.45, 2.75) is 25.9 Å². The van der Waals surface area contributed by atoms with Crippen molar-refractivity contribution >= 4 is 23.2 Å². The second kappa shape index (κ2) is 6.42. The van der Waals surface area contributed by atoms with E-state index < -0.39 is 0 Å². The molecule has 0 aliphatic heterocycles. The highest BCUT2D eigenvalue weighted by molar-refractivity contribution is 6.36. The molecule has 1 atom stereocenters. The second-order valence-corrected chi connectivity index (χ2v) is 5.13. The third kappa shape index (κ3) is 3.11. The van der Waals surface area contributed by atoms with Gasteiger partial charge >= 0.3 is 0 Å². The Bertz CT molecular complexity index is 531. The first kappa shape index (κ1) is 14.4. The van der Waals surface area contributed by atoms with Crippen molar-refractivity contribution in [1.29, 1.82) is 0 Å². The average Bonchev–Trinajstić information content (AvgIpc) is 2.87. The number of aromatic nitrogens is 2. The summed E-state index contributed by atoms with van der Waals surface area (Å²) >= 11 is 12.5. The van der Waals surface area contributed by atoms with Crippen LogP contribution in [0, 0.1) is 0 Å². The molecule has 0 amide bonds. The molecule has 0 bridgehead atoms. The van der Waals surface area contributed by atoms with Crippen LogP contribution in [0.3, 0.4) is 0 Å². The molecular weight excluding hydrogens is 281 g/mol. The normalized spacial score (nSPS) is 12.6. The summed E-state index contributed by atoms with van der Waals surface area (Å²) in [5, 5.41) is 9.01. The Morgan fingerprint density at radius 2 is 1.95 bits per heavy atom. The molecule has 3 nitrogen and oxygen atoms in total. The van der Waals surface area contributed by atoms with Gasteiger partial charge in [0.2, 0.25) is 0 Å². The van der Waals surface area contributed by atoms with Crippen molar-refractivity contribution in [2.24, 2.45) is 0 Å². The zero-order chi connectivity index (χ0) is 13.8. The molecule has 1 N–H and O–H groups in total. The van der Waals surface area contributed by atoms with Crippen LogP contribution in [0.15, 0.2) is 30.5 Å². The minimum atomic E-state index is 0.139. The standard InChI is InChI=1S/C14H17Cl2N3/c1-3-19-14(7-8-18-19)13(17-2)9-10-11(15)5-4-6-12(10)16/h4-8,13,17H,3,9H2,1-2H3. The van der Waals surface area contributed by atoms with Gasteiger partial charge in [-0.25, -0.2) is 0 Å². The molecule has 19 heavy (non-hydrogen) atoms. The van der Waals surface area contributed by atoms with Gasteiger partial charge in [0.05, 0.1) is 11.7 Å². The van der Waals surface area contributed by atoms with Crippen LogP contribution in [0.5, 0.6) is 0 Å². The zero-order valence-corrected chi connectivity index (χ0v) is 12.5. The Morgan fingerprint density at radius 1 is 1.26 bits per heavy atom. The number of rotatable bonds is 5. The van der Waals surface area contributed by atoms with Gasteiger partial charge in [0.25, 0.3) is 0 Å². The number of nitrogens with zero attached hydrogens (tertiary/aromatic N) is 2. The van der Waals surface area contributed by atoms with Gasteiger partial charge in [-0.1, -0.05) is 29.3 Å². The first-order valence-corrected chi connectivity index (χ1v) is 7.04. The first-order chi connectivity index (χ1) is 9.17. The van der Waals surface area contributed by atoms with E-state index in [-0.39, 0.29) is 6.04 Å². The Morgan fingerprint density at radius 3 is 2.53 bits per heavy atom. The summed E-state index contributed by atoms with van der Waals surface area (Å²) in [6, 6.07) is 7.76. The number of hydrogen-bond acceptors (Lipinski definition) is 2. The highest BCUT2D eigenvalue weighted by atomic mass is 35.5. The van der Waals surface area contributed by atoms with Gasteiger partial charge in [-0.2, -0.15) is 5.10 Å². The molecule has 102 valence electrons. The largest absolute Gasteiger partial charge is 0.311 e. The molecule has 0 saturated heterocycles. The quantitative estimate of drug-likeness (QED) is 0.912. The Balaban J connectivity index is 2.29. The molecule has 0 fully saturated rings. The number of likely N-dealkylation sites (N-methyl/N-ethyl adjacent to an activating group) is 1. The van der Waals surface area contributed by atoms with Gasteiger partial charge in [0.1, 0.15) is 0 Å². The van der Waals surface area contributed by atoms with Crippen LogP contribution in [0.2, 0.25) is 10.0 Å². The van der Waals surface area contributed by atoms with Crippen LogP contribution in [-0.4, -0.2) is 16.8 Å². The predicted octanol–water partition coefficient (Wildman–Crippen LogP) is 3.71. The van der Waals surface area contributed by atoms with Gasteiger partial charge in [0, 0.05) is 22.8 Å². The maximum absolute atomic E-state index is 6.23. The zero-order valence-electron chi connectivity index (χ0n) is 11.0. The molecule has 1 heterocycles. The molecule has 0 aliphatic carbocycles. The molecule has 1 unspecified atom stereocenters. The van der Waals surface area contributed by atoms with Crippen molar-refractivity contribution in [3.05, 3.63) is 51.8 Å². The number of hydrogen-bond donors (Lipinski definition) is 1. The molecule has 5 heteroatoms. The molecule has 0 saturated carbocycles. The average molecular weight is 298 g/mol. The van der Waals surface area contributed by atoms with Crippen LogP contribution in [0.4, 0.5) is 0 Å². The smallest absolute Gasteiger partial charge is 0.0556 e. The van der Waals surface area contributed by atoms with Gasteiger partial charge in [-0.15, -0.1) is 0 Å². The van der Waals surface area contributed by atoms with E-state index in [1.165, 1.54) is 0 Å². The number of aryl methyl sites for hydroxylation is 1. The Labute approximate surface area is 123 Å². The van der Waals surface area contributed by atoms with Crippen LogP contribution in [0.1, 0.15) is 24.2 Å². The fourth-order valence-electron chi connectivity index (χ4n) is 2.19. The van der Waals surface area contributed by atoms with E-state index >= 15 is 0 Å². The molecule has 2 aromatic rings. The van der Waals surface area contributed by atoms with Gasteiger partial charge in [-0.3, -0.25) is 4.68 Å². The summed E-state index contributed by atoms with van der Waals surface area (Å²) in [7, 11) is 1.93. The van der Waals surface area contributed by atoms with E-state index in [1.807, 2.05) is 42.2 Å². The molecule has 1 aromatic carbocycles. The molecule has 0 radical (unpaired) electrons. The summed E-state index contributed by atoms with van der Waals surface area (Å²) in [5.74, 6) is 0. The van der Waals surface area contributed by atoms with Crippen molar-refractivity contribution in [3.8, 4) is 0 Å². The Hall–Kier alpha value is -1.03. The lowest BCUT2D eigenvalue weighted by molar-refractivity contribution is 0.513. The predicted molar refractivity (Wildman–Crippen MR) is 79.9 cm³/mol. The number of halogens is 2. The maximum Gasteiger partial charge on any atom is 0.0556 e. The monoisotopic (exact) mass is 297 g/mol. The molecule has 0 aliphatic rings. The minimum Gasteiger partial charge on any atom is -0.311 e.